The van der Waals surface area contributed by atoms with Crippen LogP contribution in [0.15, 0.2) is 42.5 Å². The number of aromatic nitrogens is 1. The van der Waals surface area contributed by atoms with Gasteiger partial charge in [0.05, 0.1) is 34.4 Å². The number of aryl methyl sites for hydroxylation is 1. The Balaban J connectivity index is 1.39. The maximum absolute atomic E-state index is 12.3. The number of thiazole rings is 1. The van der Waals surface area contributed by atoms with E-state index in [1.807, 2.05) is 49.4 Å². The lowest BCUT2D eigenvalue weighted by Gasteiger charge is -2.26. The first-order valence-corrected chi connectivity index (χ1v) is 9.13. The Morgan fingerprint density at radius 3 is 3.12 bits per heavy atom. The van der Waals surface area contributed by atoms with Gasteiger partial charge in [-0.25, -0.2) is 4.98 Å². The number of hydrogen-bond donors (Lipinski definition) is 2. The molecule has 2 heterocycles. The molecule has 0 saturated heterocycles. The summed E-state index contributed by atoms with van der Waals surface area (Å²) in [6, 6.07) is 13.8. The van der Waals surface area contributed by atoms with Crippen molar-refractivity contribution in [2.24, 2.45) is 0 Å². The highest BCUT2D eigenvalue weighted by Crippen LogP contribution is 2.31. The van der Waals surface area contributed by atoms with E-state index in [4.69, 9.17) is 4.74 Å². The average Bonchev–Trinajstić information content (AvgIpc) is 2.99. The van der Waals surface area contributed by atoms with E-state index < -0.39 is 0 Å². The van der Waals surface area contributed by atoms with Gasteiger partial charge in [-0.15, -0.1) is 11.3 Å². The molecule has 0 radical (unpaired) electrons. The minimum atomic E-state index is -0.0257. The van der Waals surface area contributed by atoms with Crippen LogP contribution in [0.2, 0.25) is 0 Å². The van der Waals surface area contributed by atoms with Crippen molar-refractivity contribution in [2.75, 3.05) is 18.5 Å². The Bertz CT molecular complexity index is 922. The molecule has 2 aromatic carbocycles. The highest BCUT2D eigenvalue weighted by atomic mass is 32.1. The highest BCUT2D eigenvalue weighted by molar-refractivity contribution is 7.18. The third kappa shape index (κ3) is 3.44. The van der Waals surface area contributed by atoms with E-state index in [-0.39, 0.29) is 18.5 Å². The second kappa shape index (κ2) is 6.72. The van der Waals surface area contributed by atoms with E-state index in [2.05, 4.69) is 15.6 Å². The molecule has 2 N–H and O–H groups in total. The lowest BCUT2D eigenvalue weighted by molar-refractivity contribution is -0.120. The fraction of sp³-hybridized carbons (Fsp3) is 0.263. The van der Waals surface area contributed by atoms with Crippen LogP contribution in [0.3, 0.4) is 0 Å². The van der Waals surface area contributed by atoms with Crippen molar-refractivity contribution in [2.45, 2.75) is 19.4 Å². The SMILES string of the molecule is Cc1nc2ccc(NCC(=O)NC3CCOc4ccccc43)cc2s1. The number of benzene rings is 2. The summed E-state index contributed by atoms with van der Waals surface area (Å²) < 4.78 is 6.76. The number of nitrogens with one attached hydrogen (secondary N) is 2. The van der Waals surface area contributed by atoms with Crippen molar-refractivity contribution in [3.8, 4) is 5.75 Å². The molecule has 0 spiro atoms. The molecule has 1 aromatic heterocycles. The maximum atomic E-state index is 12.3. The Morgan fingerprint density at radius 1 is 1.32 bits per heavy atom. The number of carbonyl (C=O) groups is 1. The Hall–Kier alpha value is -2.60. The quantitative estimate of drug-likeness (QED) is 0.751. The lowest BCUT2D eigenvalue weighted by Crippen LogP contribution is -2.35. The first kappa shape index (κ1) is 15.9. The predicted molar refractivity (Wildman–Crippen MR) is 100 cm³/mol. The van der Waals surface area contributed by atoms with E-state index in [0.29, 0.717) is 6.61 Å². The molecule has 1 aliphatic heterocycles. The number of carbonyl (C=O) groups excluding carboxylic acids is 1. The van der Waals surface area contributed by atoms with Crippen LogP contribution in [0.5, 0.6) is 5.75 Å². The third-order valence-electron chi connectivity index (χ3n) is 4.24. The highest BCUT2D eigenvalue weighted by Gasteiger charge is 2.22. The first-order chi connectivity index (χ1) is 12.2. The van der Waals surface area contributed by atoms with Crippen LogP contribution in [-0.2, 0) is 4.79 Å². The molecule has 0 saturated carbocycles. The summed E-state index contributed by atoms with van der Waals surface area (Å²) in [5.41, 5.74) is 2.97. The van der Waals surface area contributed by atoms with Gasteiger partial charge in [-0.3, -0.25) is 4.79 Å². The van der Waals surface area contributed by atoms with Gasteiger partial charge in [-0.1, -0.05) is 18.2 Å². The number of anilines is 1. The van der Waals surface area contributed by atoms with E-state index in [1.165, 1.54) is 0 Å². The van der Waals surface area contributed by atoms with E-state index in [9.17, 15) is 4.79 Å². The number of hydrogen-bond acceptors (Lipinski definition) is 5. The summed E-state index contributed by atoms with van der Waals surface area (Å²) in [4.78, 5) is 16.8. The van der Waals surface area contributed by atoms with Gasteiger partial charge in [0.1, 0.15) is 5.75 Å². The van der Waals surface area contributed by atoms with Crippen LogP contribution in [0.1, 0.15) is 23.0 Å². The molecule has 6 heteroatoms. The monoisotopic (exact) mass is 353 g/mol. The van der Waals surface area contributed by atoms with E-state index in [0.717, 1.165) is 38.6 Å². The molecule has 5 nitrogen and oxygen atoms in total. The van der Waals surface area contributed by atoms with Gasteiger partial charge >= 0.3 is 0 Å². The summed E-state index contributed by atoms with van der Waals surface area (Å²) in [6.45, 7) is 2.86. The van der Waals surface area contributed by atoms with E-state index in [1.54, 1.807) is 11.3 Å². The van der Waals surface area contributed by atoms with E-state index >= 15 is 0 Å². The van der Waals surface area contributed by atoms with Crippen molar-refractivity contribution in [3.05, 3.63) is 53.0 Å². The van der Waals surface area contributed by atoms with Crippen molar-refractivity contribution in [3.63, 3.8) is 0 Å². The Kier molecular flexibility index (Phi) is 4.28. The molecule has 1 unspecified atom stereocenters. The zero-order valence-corrected chi connectivity index (χ0v) is 14.7. The summed E-state index contributed by atoms with van der Waals surface area (Å²) in [7, 11) is 0. The second-order valence-corrected chi connectivity index (χ2v) is 7.30. The maximum Gasteiger partial charge on any atom is 0.239 e. The molecule has 1 atom stereocenters. The minimum Gasteiger partial charge on any atom is -0.493 e. The lowest BCUT2D eigenvalue weighted by atomic mass is 10.0. The summed E-state index contributed by atoms with van der Waals surface area (Å²) in [5, 5.41) is 7.33. The van der Waals surface area contributed by atoms with Crippen LogP contribution in [0, 0.1) is 6.92 Å². The van der Waals surface area contributed by atoms with Gasteiger partial charge in [-0.05, 0) is 31.2 Å². The molecule has 0 fully saturated rings. The number of rotatable bonds is 4. The van der Waals surface area contributed by atoms with Crippen molar-refractivity contribution < 1.29 is 9.53 Å². The summed E-state index contributed by atoms with van der Waals surface area (Å²) >= 11 is 1.66. The molecule has 25 heavy (non-hydrogen) atoms. The van der Waals surface area contributed by atoms with Crippen molar-refractivity contribution in [1.82, 2.24) is 10.3 Å². The topological polar surface area (TPSA) is 63.2 Å². The Labute approximate surface area is 150 Å². The molecule has 4 rings (SSSR count). The number of fused-ring (bicyclic) bond motifs is 2. The van der Waals surface area contributed by atoms with Crippen LogP contribution >= 0.6 is 11.3 Å². The Morgan fingerprint density at radius 2 is 2.20 bits per heavy atom. The standard InChI is InChI=1S/C19H19N3O2S/c1-12-21-16-7-6-13(10-18(16)25-12)20-11-19(23)22-15-8-9-24-17-5-3-2-4-14(15)17/h2-7,10,15,20H,8-9,11H2,1H3,(H,22,23). The number of para-hydroxylation sites is 1. The number of nitrogens with zero attached hydrogens (tertiary/aromatic N) is 1. The largest absolute Gasteiger partial charge is 0.493 e. The molecule has 1 aliphatic rings. The normalized spacial score (nSPS) is 16.1. The summed E-state index contributed by atoms with van der Waals surface area (Å²) in [5.74, 6) is 0.834. The first-order valence-electron chi connectivity index (χ1n) is 8.31. The molecule has 128 valence electrons. The zero-order valence-electron chi connectivity index (χ0n) is 13.9. The van der Waals surface area contributed by atoms with Crippen LogP contribution in [-0.4, -0.2) is 24.0 Å². The van der Waals surface area contributed by atoms with Gasteiger partial charge in [0.2, 0.25) is 5.91 Å². The number of amides is 1. The summed E-state index contributed by atoms with van der Waals surface area (Å²) in [6.07, 6.45) is 0.787. The van der Waals surface area contributed by atoms with Crippen LogP contribution in [0.4, 0.5) is 5.69 Å². The minimum absolute atomic E-state index is 0.00544. The fourth-order valence-electron chi connectivity index (χ4n) is 3.07. The molecule has 0 aliphatic carbocycles. The average molecular weight is 353 g/mol. The second-order valence-electron chi connectivity index (χ2n) is 6.06. The molecular formula is C19H19N3O2S. The van der Waals surface area contributed by atoms with Gasteiger partial charge in [-0.2, -0.15) is 0 Å². The van der Waals surface area contributed by atoms with Gasteiger partial charge in [0.15, 0.2) is 0 Å². The van der Waals surface area contributed by atoms with Gasteiger partial charge < -0.3 is 15.4 Å². The van der Waals surface area contributed by atoms with Gasteiger partial charge in [0, 0.05) is 17.7 Å². The predicted octanol–water partition coefficient (Wildman–Crippen LogP) is 3.66. The molecule has 0 bridgehead atoms. The molecule has 3 aromatic rings. The van der Waals surface area contributed by atoms with Crippen molar-refractivity contribution in [1.29, 1.82) is 0 Å². The van der Waals surface area contributed by atoms with Gasteiger partial charge in [0.25, 0.3) is 0 Å². The van der Waals surface area contributed by atoms with Crippen LogP contribution < -0.4 is 15.4 Å². The third-order valence-corrected chi connectivity index (χ3v) is 5.18. The number of ether oxygens (including phenoxy) is 1. The van der Waals surface area contributed by atoms with Crippen LogP contribution in [0.25, 0.3) is 10.2 Å². The molecular weight excluding hydrogens is 334 g/mol. The fourth-order valence-corrected chi connectivity index (χ4v) is 3.94. The van der Waals surface area contributed by atoms with Crippen molar-refractivity contribution >= 4 is 33.1 Å². The molecule has 1 amide bonds. The zero-order chi connectivity index (χ0) is 17.2. The smallest absolute Gasteiger partial charge is 0.239 e.